The third kappa shape index (κ3) is 5.01. The summed E-state index contributed by atoms with van der Waals surface area (Å²) in [5.74, 6) is -0.646. The number of aromatic carboxylic acids is 1. The number of rotatable bonds is 7. The number of esters is 1. The molecule has 0 saturated carbocycles. The zero-order valence-corrected chi connectivity index (χ0v) is 23.2. The molecule has 204 valence electrons. The maximum absolute atomic E-state index is 13.8. The number of fused-ring (bicyclic) bond motifs is 1. The lowest BCUT2D eigenvalue weighted by molar-refractivity contribution is -0.139. The first-order valence-electron chi connectivity index (χ1n) is 12.6. The number of ether oxygens (including phenoxy) is 1. The van der Waals surface area contributed by atoms with E-state index in [1.165, 1.54) is 28.0 Å². The monoisotopic (exact) mass is 557 g/mol. The van der Waals surface area contributed by atoms with Gasteiger partial charge in [-0.1, -0.05) is 35.6 Å². The number of allylic oxidation sites excluding steroid dienone is 1. The van der Waals surface area contributed by atoms with Crippen molar-refractivity contribution >= 4 is 35.0 Å². The van der Waals surface area contributed by atoms with Crippen molar-refractivity contribution in [3.05, 3.63) is 109 Å². The Morgan fingerprint density at radius 2 is 1.90 bits per heavy atom. The number of benzene rings is 2. The predicted octanol–water partition coefficient (Wildman–Crippen LogP) is 3.82. The Balaban J connectivity index is 1.61. The van der Waals surface area contributed by atoms with E-state index >= 15 is 0 Å². The third-order valence-corrected chi connectivity index (χ3v) is 7.52. The zero-order chi connectivity index (χ0) is 28.6. The van der Waals surface area contributed by atoms with Crippen LogP contribution >= 0.6 is 11.3 Å². The standard InChI is InChI=1S/C30H27N3O6S/c1-5-38-29(37)25-17(2)31-30-33(26(25)18-9-11-21(12-10-18)32(3)4)27(34)24(40-30)16-22-13-14-23(39-22)19-7-6-8-20(15-19)28(35)36/h6-16,26H,5H2,1-4H3,(H,35,36). The van der Waals surface area contributed by atoms with E-state index < -0.39 is 18.0 Å². The van der Waals surface area contributed by atoms with Crippen LogP contribution in [0.4, 0.5) is 5.69 Å². The average Bonchev–Trinajstić information content (AvgIpc) is 3.52. The molecule has 10 heteroatoms. The van der Waals surface area contributed by atoms with Crippen LogP contribution < -0.4 is 19.8 Å². The lowest BCUT2D eigenvalue weighted by Crippen LogP contribution is -2.39. The lowest BCUT2D eigenvalue weighted by atomic mass is 9.95. The van der Waals surface area contributed by atoms with Gasteiger partial charge < -0.3 is 19.2 Å². The van der Waals surface area contributed by atoms with Gasteiger partial charge in [0.25, 0.3) is 5.56 Å². The molecular weight excluding hydrogens is 530 g/mol. The predicted molar refractivity (Wildman–Crippen MR) is 152 cm³/mol. The van der Waals surface area contributed by atoms with E-state index in [0.717, 1.165) is 11.3 Å². The van der Waals surface area contributed by atoms with E-state index in [1.807, 2.05) is 43.3 Å². The van der Waals surface area contributed by atoms with Crippen molar-refractivity contribution in [2.45, 2.75) is 19.9 Å². The zero-order valence-electron chi connectivity index (χ0n) is 22.4. The second-order valence-electron chi connectivity index (χ2n) is 9.38. The Morgan fingerprint density at radius 1 is 1.15 bits per heavy atom. The Morgan fingerprint density at radius 3 is 2.58 bits per heavy atom. The van der Waals surface area contributed by atoms with Crippen LogP contribution in [0.3, 0.4) is 0 Å². The quantitative estimate of drug-likeness (QED) is 0.344. The van der Waals surface area contributed by atoms with Gasteiger partial charge in [0, 0.05) is 31.4 Å². The molecule has 0 fully saturated rings. The maximum Gasteiger partial charge on any atom is 0.338 e. The fourth-order valence-corrected chi connectivity index (χ4v) is 5.61. The Bertz CT molecular complexity index is 1830. The topological polar surface area (TPSA) is 114 Å². The molecule has 0 spiro atoms. The molecule has 2 aromatic carbocycles. The largest absolute Gasteiger partial charge is 0.478 e. The minimum atomic E-state index is -1.03. The van der Waals surface area contributed by atoms with Crippen LogP contribution in [0.1, 0.15) is 41.6 Å². The molecule has 5 rings (SSSR count). The minimum absolute atomic E-state index is 0.148. The van der Waals surface area contributed by atoms with Gasteiger partial charge in [-0.15, -0.1) is 0 Å². The highest BCUT2D eigenvalue weighted by molar-refractivity contribution is 7.07. The second kappa shape index (κ2) is 10.8. The van der Waals surface area contributed by atoms with Crippen molar-refractivity contribution in [1.29, 1.82) is 0 Å². The second-order valence-corrected chi connectivity index (χ2v) is 10.4. The number of thiazole rings is 1. The van der Waals surface area contributed by atoms with Gasteiger partial charge in [0.1, 0.15) is 11.5 Å². The Hall–Kier alpha value is -4.70. The number of carboxylic acids is 1. The first-order chi connectivity index (χ1) is 19.2. The highest BCUT2D eigenvalue weighted by Gasteiger charge is 2.33. The molecule has 3 heterocycles. The van der Waals surface area contributed by atoms with Crippen molar-refractivity contribution in [2.24, 2.45) is 4.99 Å². The molecule has 1 unspecified atom stereocenters. The number of anilines is 1. The fourth-order valence-electron chi connectivity index (χ4n) is 4.58. The molecule has 1 aliphatic heterocycles. The van der Waals surface area contributed by atoms with Crippen LogP contribution in [0.5, 0.6) is 0 Å². The van der Waals surface area contributed by atoms with Crippen molar-refractivity contribution in [3.8, 4) is 11.3 Å². The van der Waals surface area contributed by atoms with Crippen molar-refractivity contribution in [3.63, 3.8) is 0 Å². The molecule has 0 bridgehead atoms. The molecule has 1 atom stereocenters. The van der Waals surface area contributed by atoms with Gasteiger partial charge in [0.15, 0.2) is 4.80 Å². The molecule has 0 amide bonds. The lowest BCUT2D eigenvalue weighted by Gasteiger charge is -2.25. The van der Waals surface area contributed by atoms with Crippen LogP contribution in [0.2, 0.25) is 0 Å². The van der Waals surface area contributed by atoms with E-state index in [2.05, 4.69) is 4.99 Å². The molecule has 1 aliphatic rings. The summed E-state index contributed by atoms with van der Waals surface area (Å²) in [6, 6.07) is 16.8. The normalized spacial score (nSPS) is 15.0. The first kappa shape index (κ1) is 26.9. The van der Waals surface area contributed by atoms with Gasteiger partial charge in [0.2, 0.25) is 0 Å². The van der Waals surface area contributed by atoms with Gasteiger partial charge in [-0.2, -0.15) is 0 Å². The van der Waals surface area contributed by atoms with Gasteiger partial charge in [-0.05, 0) is 55.8 Å². The number of aromatic nitrogens is 1. The Kier molecular flexibility index (Phi) is 7.27. The van der Waals surface area contributed by atoms with E-state index in [1.54, 1.807) is 44.2 Å². The summed E-state index contributed by atoms with van der Waals surface area (Å²) < 4.78 is 13.2. The smallest absolute Gasteiger partial charge is 0.338 e. The van der Waals surface area contributed by atoms with Crippen LogP contribution in [0.25, 0.3) is 17.4 Å². The number of hydrogen-bond donors (Lipinski definition) is 1. The summed E-state index contributed by atoms with van der Waals surface area (Å²) in [6.45, 7) is 3.68. The van der Waals surface area contributed by atoms with E-state index in [9.17, 15) is 19.5 Å². The van der Waals surface area contributed by atoms with Crippen LogP contribution in [-0.4, -0.2) is 42.3 Å². The molecule has 2 aromatic heterocycles. The summed E-state index contributed by atoms with van der Waals surface area (Å²) in [6.07, 6.45) is 1.63. The molecular formula is C30H27N3O6S. The van der Waals surface area contributed by atoms with Crippen molar-refractivity contribution < 1.29 is 23.8 Å². The number of carbonyl (C=O) groups excluding carboxylic acids is 1. The van der Waals surface area contributed by atoms with Crippen LogP contribution in [0, 0.1) is 0 Å². The SMILES string of the molecule is CCOC(=O)C1=C(C)N=c2sc(=Cc3ccc(-c4cccc(C(=O)O)c4)o3)c(=O)n2C1c1ccc(N(C)C)cc1. The summed E-state index contributed by atoms with van der Waals surface area (Å²) in [5, 5.41) is 9.29. The molecule has 0 saturated heterocycles. The molecule has 0 aliphatic carbocycles. The van der Waals surface area contributed by atoms with Gasteiger partial charge >= 0.3 is 11.9 Å². The average molecular weight is 558 g/mol. The van der Waals surface area contributed by atoms with Gasteiger partial charge in [-0.3, -0.25) is 9.36 Å². The minimum Gasteiger partial charge on any atom is -0.478 e. The molecule has 4 aromatic rings. The van der Waals surface area contributed by atoms with Gasteiger partial charge in [0.05, 0.1) is 34.0 Å². The summed E-state index contributed by atoms with van der Waals surface area (Å²) in [5.41, 5.74) is 2.99. The maximum atomic E-state index is 13.8. The van der Waals surface area contributed by atoms with Crippen molar-refractivity contribution in [2.75, 3.05) is 25.6 Å². The first-order valence-corrected chi connectivity index (χ1v) is 13.4. The van der Waals surface area contributed by atoms with E-state index in [0.29, 0.717) is 37.7 Å². The van der Waals surface area contributed by atoms with E-state index in [4.69, 9.17) is 9.15 Å². The van der Waals surface area contributed by atoms with Crippen LogP contribution in [-0.2, 0) is 9.53 Å². The molecule has 40 heavy (non-hydrogen) atoms. The molecule has 9 nitrogen and oxygen atoms in total. The fraction of sp³-hybridized carbons (Fsp3) is 0.200. The molecule has 1 N–H and O–H groups in total. The number of carboxylic acid groups (broad SMARTS) is 1. The number of nitrogens with zero attached hydrogens (tertiary/aromatic N) is 3. The van der Waals surface area contributed by atoms with Crippen molar-refractivity contribution in [1.82, 2.24) is 4.57 Å². The number of hydrogen-bond acceptors (Lipinski definition) is 8. The van der Waals surface area contributed by atoms with Crippen LogP contribution in [0.15, 0.2) is 86.1 Å². The number of furan rings is 1. The summed E-state index contributed by atoms with van der Waals surface area (Å²) in [4.78, 5) is 45.2. The highest BCUT2D eigenvalue weighted by Crippen LogP contribution is 2.31. The Labute approximate surface area is 233 Å². The third-order valence-electron chi connectivity index (χ3n) is 6.54. The van der Waals surface area contributed by atoms with Gasteiger partial charge in [-0.25, -0.2) is 14.6 Å². The summed E-state index contributed by atoms with van der Waals surface area (Å²) >= 11 is 1.20. The summed E-state index contributed by atoms with van der Waals surface area (Å²) in [7, 11) is 3.88. The number of carbonyl (C=O) groups is 2. The molecule has 0 radical (unpaired) electrons. The highest BCUT2D eigenvalue weighted by atomic mass is 32.1. The van der Waals surface area contributed by atoms with E-state index in [-0.39, 0.29) is 17.7 Å².